The number of carbonyl (C=O) groups excluding carboxylic acids is 1. The molecule has 1 heterocycles. The SMILES string of the molecule is COc1ccccc1C(C)CC(=O)N1CCN(C2CCCC2O)CC1. The Balaban J connectivity index is 1.52. The number of benzene rings is 1. The van der Waals surface area contributed by atoms with Gasteiger partial charge >= 0.3 is 0 Å². The van der Waals surface area contributed by atoms with E-state index in [-0.39, 0.29) is 17.9 Å². The molecule has 3 rings (SSSR count). The van der Waals surface area contributed by atoms with Crippen molar-refractivity contribution in [3.8, 4) is 5.75 Å². The third-order valence-electron chi connectivity index (χ3n) is 5.73. The number of nitrogens with zero attached hydrogens (tertiary/aromatic N) is 2. The molecule has 0 spiro atoms. The standard InChI is InChI=1S/C20H30N2O3/c1-15(16-6-3-4-9-19(16)25-2)14-20(24)22-12-10-21(11-13-22)17-7-5-8-18(17)23/h3-4,6,9,15,17-18,23H,5,7-8,10-14H2,1-2H3. The van der Waals surface area contributed by atoms with Crippen LogP contribution in [0.1, 0.15) is 44.1 Å². The van der Waals surface area contributed by atoms with Crippen LogP contribution in [0, 0.1) is 0 Å². The van der Waals surface area contributed by atoms with Gasteiger partial charge in [-0.25, -0.2) is 0 Å². The topological polar surface area (TPSA) is 53.0 Å². The lowest BCUT2D eigenvalue weighted by atomic mass is 9.96. The van der Waals surface area contributed by atoms with Crippen LogP contribution >= 0.6 is 0 Å². The molecule has 2 aliphatic rings. The van der Waals surface area contributed by atoms with Crippen LogP contribution in [-0.2, 0) is 4.79 Å². The lowest BCUT2D eigenvalue weighted by Crippen LogP contribution is -2.53. The summed E-state index contributed by atoms with van der Waals surface area (Å²) >= 11 is 0. The van der Waals surface area contributed by atoms with E-state index < -0.39 is 0 Å². The third kappa shape index (κ3) is 4.15. The van der Waals surface area contributed by atoms with Crippen LogP contribution in [0.25, 0.3) is 0 Å². The molecule has 1 aliphatic carbocycles. The fourth-order valence-electron chi connectivity index (χ4n) is 4.22. The average molecular weight is 346 g/mol. The molecular weight excluding hydrogens is 316 g/mol. The minimum atomic E-state index is -0.187. The Morgan fingerprint density at radius 1 is 1.24 bits per heavy atom. The number of piperazine rings is 1. The van der Waals surface area contributed by atoms with Gasteiger partial charge < -0.3 is 14.7 Å². The van der Waals surface area contributed by atoms with Crippen molar-refractivity contribution in [1.82, 2.24) is 9.80 Å². The van der Waals surface area contributed by atoms with Crippen molar-refractivity contribution in [2.75, 3.05) is 33.3 Å². The number of aliphatic hydroxyl groups is 1. The molecule has 1 aromatic carbocycles. The molecule has 3 atom stereocenters. The van der Waals surface area contributed by atoms with E-state index in [4.69, 9.17) is 4.74 Å². The maximum atomic E-state index is 12.7. The number of carbonyl (C=O) groups is 1. The van der Waals surface area contributed by atoms with Gasteiger partial charge in [0.25, 0.3) is 0 Å². The van der Waals surface area contributed by atoms with Gasteiger partial charge in [0.15, 0.2) is 0 Å². The Labute approximate surface area is 150 Å². The zero-order valence-corrected chi connectivity index (χ0v) is 15.4. The van der Waals surface area contributed by atoms with E-state index in [9.17, 15) is 9.90 Å². The van der Waals surface area contributed by atoms with E-state index in [1.165, 1.54) is 0 Å². The van der Waals surface area contributed by atoms with Crippen LogP contribution < -0.4 is 4.74 Å². The van der Waals surface area contributed by atoms with Gasteiger partial charge in [-0.1, -0.05) is 25.1 Å². The van der Waals surface area contributed by atoms with E-state index in [2.05, 4.69) is 11.8 Å². The molecule has 25 heavy (non-hydrogen) atoms. The summed E-state index contributed by atoms with van der Waals surface area (Å²) in [4.78, 5) is 17.0. The summed E-state index contributed by atoms with van der Waals surface area (Å²) in [6, 6.07) is 8.22. The number of ether oxygens (including phenoxy) is 1. The fourth-order valence-corrected chi connectivity index (χ4v) is 4.22. The quantitative estimate of drug-likeness (QED) is 0.888. The summed E-state index contributed by atoms with van der Waals surface area (Å²) in [5, 5.41) is 10.1. The van der Waals surface area contributed by atoms with Crippen LogP contribution in [-0.4, -0.2) is 66.2 Å². The molecule has 1 N–H and O–H groups in total. The predicted octanol–water partition coefficient (Wildman–Crippen LogP) is 2.25. The number of amides is 1. The number of hydrogen-bond donors (Lipinski definition) is 1. The maximum Gasteiger partial charge on any atom is 0.223 e. The van der Waals surface area contributed by atoms with Gasteiger partial charge in [-0.2, -0.15) is 0 Å². The second-order valence-corrected chi connectivity index (χ2v) is 7.33. The molecule has 1 aromatic rings. The highest BCUT2D eigenvalue weighted by Gasteiger charge is 2.33. The van der Waals surface area contributed by atoms with Gasteiger partial charge in [0.05, 0.1) is 13.2 Å². The van der Waals surface area contributed by atoms with Crippen molar-refractivity contribution < 1.29 is 14.6 Å². The van der Waals surface area contributed by atoms with Gasteiger partial charge in [0.1, 0.15) is 5.75 Å². The van der Waals surface area contributed by atoms with E-state index >= 15 is 0 Å². The monoisotopic (exact) mass is 346 g/mol. The van der Waals surface area contributed by atoms with Crippen LogP contribution in [0.15, 0.2) is 24.3 Å². The maximum absolute atomic E-state index is 12.7. The Kier molecular flexibility index (Phi) is 5.97. The van der Waals surface area contributed by atoms with Crippen molar-refractivity contribution in [3.05, 3.63) is 29.8 Å². The Morgan fingerprint density at radius 3 is 2.60 bits per heavy atom. The molecule has 0 radical (unpaired) electrons. The highest BCUT2D eigenvalue weighted by atomic mass is 16.5. The molecule has 138 valence electrons. The van der Waals surface area contributed by atoms with Crippen molar-refractivity contribution in [3.63, 3.8) is 0 Å². The van der Waals surface area contributed by atoms with Gasteiger partial charge in [-0.15, -0.1) is 0 Å². The molecule has 2 fully saturated rings. The third-order valence-corrected chi connectivity index (χ3v) is 5.73. The fraction of sp³-hybridized carbons (Fsp3) is 0.650. The largest absolute Gasteiger partial charge is 0.496 e. The average Bonchev–Trinajstić information content (AvgIpc) is 3.07. The molecule has 1 saturated heterocycles. The Bertz CT molecular complexity index is 584. The minimum absolute atomic E-state index is 0.137. The molecule has 1 saturated carbocycles. The first kappa shape index (κ1) is 18.2. The van der Waals surface area contributed by atoms with Crippen LogP contribution in [0.5, 0.6) is 5.75 Å². The molecule has 1 amide bonds. The first-order valence-corrected chi connectivity index (χ1v) is 9.43. The van der Waals surface area contributed by atoms with Crippen molar-refractivity contribution in [2.45, 2.75) is 50.7 Å². The van der Waals surface area contributed by atoms with Crippen LogP contribution in [0.4, 0.5) is 0 Å². The van der Waals surface area contributed by atoms with E-state index in [1.54, 1.807) is 7.11 Å². The number of para-hydroxylation sites is 1. The summed E-state index contributed by atoms with van der Waals surface area (Å²) in [6.07, 6.45) is 3.43. The summed E-state index contributed by atoms with van der Waals surface area (Å²) in [5.74, 6) is 1.20. The highest BCUT2D eigenvalue weighted by molar-refractivity contribution is 5.77. The molecular formula is C20H30N2O3. The lowest BCUT2D eigenvalue weighted by Gasteiger charge is -2.39. The second-order valence-electron chi connectivity index (χ2n) is 7.33. The highest BCUT2D eigenvalue weighted by Crippen LogP contribution is 2.29. The molecule has 3 unspecified atom stereocenters. The number of methoxy groups -OCH3 is 1. The van der Waals surface area contributed by atoms with Gasteiger partial charge in [0, 0.05) is 38.6 Å². The first-order chi connectivity index (χ1) is 12.1. The number of hydrogen-bond acceptors (Lipinski definition) is 4. The molecule has 0 aromatic heterocycles. The Hall–Kier alpha value is -1.59. The normalized spacial score (nSPS) is 25.8. The zero-order valence-electron chi connectivity index (χ0n) is 15.4. The first-order valence-electron chi connectivity index (χ1n) is 9.43. The summed E-state index contributed by atoms with van der Waals surface area (Å²) in [6.45, 7) is 5.36. The summed E-state index contributed by atoms with van der Waals surface area (Å²) in [5.41, 5.74) is 1.09. The van der Waals surface area contributed by atoms with Gasteiger partial charge in [-0.05, 0) is 36.8 Å². The summed E-state index contributed by atoms with van der Waals surface area (Å²) in [7, 11) is 1.67. The van der Waals surface area contributed by atoms with E-state index in [1.807, 2.05) is 29.2 Å². The van der Waals surface area contributed by atoms with Crippen LogP contribution in [0.3, 0.4) is 0 Å². The number of aliphatic hydroxyl groups excluding tert-OH is 1. The van der Waals surface area contributed by atoms with Gasteiger partial charge in [0.2, 0.25) is 5.91 Å². The number of rotatable bonds is 5. The molecule has 1 aliphatic heterocycles. The van der Waals surface area contributed by atoms with Crippen LogP contribution in [0.2, 0.25) is 0 Å². The predicted molar refractivity (Wildman–Crippen MR) is 97.8 cm³/mol. The van der Waals surface area contributed by atoms with Crippen molar-refractivity contribution in [1.29, 1.82) is 0 Å². The summed E-state index contributed by atoms with van der Waals surface area (Å²) < 4.78 is 5.42. The molecule has 5 heteroatoms. The van der Waals surface area contributed by atoms with Crippen molar-refractivity contribution in [2.24, 2.45) is 0 Å². The second kappa shape index (κ2) is 8.19. The smallest absolute Gasteiger partial charge is 0.223 e. The minimum Gasteiger partial charge on any atom is -0.496 e. The van der Waals surface area contributed by atoms with Gasteiger partial charge in [-0.3, -0.25) is 9.69 Å². The lowest BCUT2D eigenvalue weighted by molar-refractivity contribution is -0.133. The molecule has 0 bridgehead atoms. The van der Waals surface area contributed by atoms with E-state index in [0.29, 0.717) is 12.5 Å². The zero-order chi connectivity index (χ0) is 17.8. The Morgan fingerprint density at radius 2 is 1.96 bits per heavy atom. The van der Waals surface area contributed by atoms with E-state index in [0.717, 1.165) is 56.8 Å². The molecule has 5 nitrogen and oxygen atoms in total. The van der Waals surface area contributed by atoms with Crippen molar-refractivity contribution >= 4 is 5.91 Å².